The van der Waals surface area contributed by atoms with Crippen LogP contribution in [0.3, 0.4) is 0 Å². The van der Waals surface area contributed by atoms with Gasteiger partial charge in [-0.25, -0.2) is 13.8 Å². The molecule has 1 fully saturated rings. The third-order valence-electron chi connectivity index (χ3n) is 3.20. The maximum atomic E-state index is 13.8. The normalized spacial score (nSPS) is 14.9. The van der Waals surface area contributed by atoms with Gasteiger partial charge in [0.05, 0.1) is 11.3 Å². The highest BCUT2D eigenvalue weighted by Gasteiger charge is 2.25. The molecule has 0 spiro atoms. The first-order chi connectivity index (χ1) is 9.54. The Morgan fingerprint density at radius 2 is 2.20 bits per heavy atom. The average molecular weight is 298 g/mol. The van der Waals surface area contributed by atoms with Gasteiger partial charge in [-0.1, -0.05) is 11.8 Å². The van der Waals surface area contributed by atoms with E-state index in [9.17, 15) is 13.6 Å². The minimum absolute atomic E-state index is 0.0972. The van der Waals surface area contributed by atoms with Crippen molar-refractivity contribution in [1.82, 2.24) is 9.55 Å². The predicted octanol–water partition coefficient (Wildman–Crippen LogP) is 2.90. The van der Waals surface area contributed by atoms with E-state index in [4.69, 9.17) is 5.11 Å². The minimum Gasteiger partial charge on any atom is -0.481 e. The molecule has 0 atom stereocenters. The van der Waals surface area contributed by atoms with Crippen LogP contribution in [0.25, 0.3) is 11.0 Å². The number of aliphatic carboxylic acids is 1. The molecule has 0 bridgehead atoms. The first kappa shape index (κ1) is 13.4. The number of halogens is 2. The summed E-state index contributed by atoms with van der Waals surface area (Å²) in [6.45, 7) is 0.626. The van der Waals surface area contributed by atoms with Crippen molar-refractivity contribution in [3.63, 3.8) is 0 Å². The summed E-state index contributed by atoms with van der Waals surface area (Å²) in [6.07, 6.45) is 2.17. The van der Waals surface area contributed by atoms with Gasteiger partial charge in [0, 0.05) is 18.7 Å². The van der Waals surface area contributed by atoms with Gasteiger partial charge in [-0.15, -0.1) is 0 Å². The Bertz CT molecular complexity index is 683. The molecule has 20 heavy (non-hydrogen) atoms. The van der Waals surface area contributed by atoms with E-state index in [0.29, 0.717) is 23.1 Å². The SMILES string of the molecule is O=C(O)CSc1nc2c(F)cc(F)cc2n1CC1CC1. The molecule has 1 heterocycles. The third kappa shape index (κ3) is 2.63. The zero-order valence-corrected chi connectivity index (χ0v) is 11.3. The molecular formula is C13H12F2N2O2S. The summed E-state index contributed by atoms with van der Waals surface area (Å²) in [4.78, 5) is 14.8. The maximum Gasteiger partial charge on any atom is 0.313 e. The Balaban J connectivity index is 2.06. The zero-order valence-electron chi connectivity index (χ0n) is 10.5. The van der Waals surface area contributed by atoms with Crippen LogP contribution in [0.4, 0.5) is 8.78 Å². The molecule has 0 radical (unpaired) electrons. The number of hydrogen-bond acceptors (Lipinski definition) is 3. The van der Waals surface area contributed by atoms with E-state index in [-0.39, 0.29) is 11.3 Å². The summed E-state index contributed by atoms with van der Waals surface area (Å²) in [7, 11) is 0. The van der Waals surface area contributed by atoms with E-state index >= 15 is 0 Å². The van der Waals surface area contributed by atoms with E-state index in [2.05, 4.69) is 4.98 Å². The highest BCUT2D eigenvalue weighted by Crippen LogP contribution is 2.35. The van der Waals surface area contributed by atoms with Crippen molar-refractivity contribution in [2.45, 2.75) is 24.5 Å². The van der Waals surface area contributed by atoms with E-state index in [1.165, 1.54) is 6.07 Å². The Labute approximate surface area is 117 Å². The quantitative estimate of drug-likeness (QED) is 0.862. The lowest BCUT2D eigenvalue weighted by molar-refractivity contribution is -0.133. The van der Waals surface area contributed by atoms with E-state index in [1.807, 2.05) is 0 Å². The summed E-state index contributed by atoms with van der Waals surface area (Å²) >= 11 is 1.03. The fourth-order valence-corrected chi connectivity index (χ4v) is 2.84. The van der Waals surface area contributed by atoms with Gasteiger partial charge >= 0.3 is 5.97 Å². The van der Waals surface area contributed by atoms with Crippen molar-refractivity contribution in [3.05, 3.63) is 23.8 Å². The third-order valence-corrected chi connectivity index (χ3v) is 4.16. The Morgan fingerprint density at radius 3 is 2.85 bits per heavy atom. The molecule has 4 nitrogen and oxygen atoms in total. The van der Waals surface area contributed by atoms with Gasteiger partial charge in [-0.3, -0.25) is 4.79 Å². The molecular weight excluding hydrogens is 286 g/mol. The number of carboxylic acids is 1. The van der Waals surface area contributed by atoms with Crippen molar-refractivity contribution < 1.29 is 18.7 Å². The van der Waals surface area contributed by atoms with Crippen molar-refractivity contribution in [3.8, 4) is 0 Å². The number of fused-ring (bicyclic) bond motifs is 1. The van der Waals surface area contributed by atoms with Crippen molar-refractivity contribution >= 4 is 28.8 Å². The molecule has 0 unspecified atom stereocenters. The standard InChI is InChI=1S/C13H12F2N2O2S/c14-8-3-9(15)12-10(4-8)17(5-7-1-2-7)13(16-12)20-6-11(18)19/h3-4,7H,1-2,5-6H2,(H,18,19). The van der Waals surface area contributed by atoms with Gasteiger partial charge < -0.3 is 9.67 Å². The minimum atomic E-state index is -0.966. The Hall–Kier alpha value is -1.63. The van der Waals surface area contributed by atoms with Gasteiger partial charge in [-0.05, 0) is 18.8 Å². The Kier molecular flexibility index (Phi) is 3.37. The highest BCUT2D eigenvalue weighted by molar-refractivity contribution is 7.99. The van der Waals surface area contributed by atoms with E-state index < -0.39 is 17.6 Å². The number of hydrogen-bond donors (Lipinski definition) is 1. The first-order valence-electron chi connectivity index (χ1n) is 6.24. The number of aromatic nitrogens is 2. The molecule has 7 heteroatoms. The number of imidazole rings is 1. The lowest BCUT2D eigenvalue weighted by atomic mass is 10.3. The number of benzene rings is 1. The summed E-state index contributed by atoms with van der Waals surface area (Å²) in [5, 5.41) is 9.17. The van der Waals surface area contributed by atoms with Crippen LogP contribution in [0.1, 0.15) is 12.8 Å². The molecule has 106 valence electrons. The molecule has 2 aromatic rings. The number of carboxylic acid groups (broad SMARTS) is 1. The summed E-state index contributed by atoms with van der Waals surface area (Å²) < 4.78 is 28.9. The number of carbonyl (C=O) groups is 1. The van der Waals surface area contributed by atoms with E-state index in [1.54, 1.807) is 4.57 Å². The van der Waals surface area contributed by atoms with Crippen LogP contribution in [0.15, 0.2) is 17.3 Å². The lowest BCUT2D eigenvalue weighted by Gasteiger charge is -2.07. The van der Waals surface area contributed by atoms with Crippen molar-refractivity contribution in [2.24, 2.45) is 5.92 Å². The van der Waals surface area contributed by atoms with Crippen LogP contribution in [-0.4, -0.2) is 26.4 Å². The van der Waals surface area contributed by atoms with Gasteiger partial charge in [0.1, 0.15) is 11.3 Å². The number of nitrogens with zero attached hydrogens (tertiary/aromatic N) is 2. The summed E-state index contributed by atoms with van der Waals surface area (Å²) in [6, 6.07) is 2.04. The van der Waals surface area contributed by atoms with Crippen LogP contribution < -0.4 is 0 Å². The van der Waals surface area contributed by atoms with Crippen LogP contribution in [0, 0.1) is 17.6 Å². The molecule has 1 saturated carbocycles. The second-order valence-corrected chi connectivity index (χ2v) is 5.83. The smallest absolute Gasteiger partial charge is 0.313 e. The molecule has 1 aromatic heterocycles. The zero-order chi connectivity index (χ0) is 14.3. The molecule has 3 rings (SSSR count). The van der Waals surface area contributed by atoms with Gasteiger partial charge in [0.25, 0.3) is 0 Å². The molecule has 1 N–H and O–H groups in total. The first-order valence-corrected chi connectivity index (χ1v) is 7.23. The topological polar surface area (TPSA) is 55.1 Å². The Morgan fingerprint density at radius 1 is 1.45 bits per heavy atom. The number of thioether (sulfide) groups is 1. The van der Waals surface area contributed by atoms with Crippen molar-refractivity contribution in [1.29, 1.82) is 0 Å². The van der Waals surface area contributed by atoms with E-state index in [0.717, 1.165) is 30.7 Å². The molecule has 1 aliphatic rings. The molecule has 0 saturated heterocycles. The monoisotopic (exact) mass is 298 g/mol. The van der Waals surface area contributed by atoms with Crippen molar-refractivity contribution in [2.75, 3.05) is 5.75 Å². The van der Waals surface area contributed by atoms with Crippen LogP contribution in [0.5, 0.6) is 0 Å². The summed E-state index contributed by atoms with van der Waals surface area (Å²) in [5.74, 6) is -2.00. The lowest BCUT2D eigenvalue weighted by Crippen LogP contribution is -2.04. The highest BCUT2D eigenvalue weighted by atomic mass is 32.2. The van der Waals surface area contributed by atoms with Crippen LogP contribution in [-0.2, 0) is 11.3 Å². The fourth-order valence-electron chi connectivity index (χ4n) is 2.10. The number of rotatable bonds is 5. The molecule has 0 aliphatic heterocycles. The molecule has 0 amide bonds. The molecule has 1 aromatic carbocycles. The second kappa shape index (κ2) is 5.05. The van der Waals surface area contributed by atoms with Gasteiger partial charge in [-0.2, -0.15) is 0 Å². The second-order valence-electron chi connectivity index (χ2n) is 4.89. The summed E-state index contributed by atoms with van der Waals surface area (Å²) in [5.41, 5.74) is 0.488. The molecule has 1 aliphatic carbocycles. The van der Waals surface area contributed by atoms with Crippen LogP contribution >= 0.6 is 11.8 Å². The van der Waals surface area contributed by atoms with Crippen LogP contribution in [0.2, 0.25) is 0 Å². The van der Waals surface area contributed by atoms with Gasteiger partial charge in [0.15, 0.2) is 11.0 Å². The maximum absolute atomic E-state index is 13.8. The predicted molar refractivity (Wildman–Crippen MR) is 70.7 cm³/mol. The largest absolute Gasteiger partial charge is 0.481 e. The fraction of sp³-hybridized carbons (Fsp3) is 0.385. The van der Waals surface area contributed by atoms with Gasteiger partial charge in [0.2, 0.25) is 0 Å². The average Bonchev–Trinajstić information content (AvgIpc) is 3.11.